The smallest absolute Gasteiger partial charge is 0.135 e. The van der Waals surface area contributed by atoms with E-state index < -0.39 is 5.60 Å². The summed E-state index contributed by atoms with van der Waals surface area (Å²) in [6.45, 7) is 3.90. The van der Waals surface area contributed by atoms with Gasteiger partial charge in [-0.3, -0.25) is 0 Å². The largest absolute Gasteiger partial charge is 0.466 e. The first kappa shape index (κ1) is 8.34. The van der Waals surface area contributed by atoms with Crippen molar-refractivity contribution in [2.75, 3.05) is 0 Å². The highest BCUT2D eigenvalue weighted by molar-refractivity contribution is 5.08. The van der Waals surface area contributed by atoms with E-state index in [1.165, 1.54) is 0 Å². The van der Waals surface area contributed by atoms with Gasteiger partial charge in [-0.05, 0) is 25.0 Å². The Hall–Kier alpha value is -0.760. The Morgan fingerprint density at radius 2 is 2.09 bits per heavy atom. The molecule has 2 heteroatoms. The van der Waals surface area contributed by atoms with Crippen molar-refractivity contribution in [1.82, 2.24) is 0 Å². The fourth-order valence-corrected chi connectivity index (χ4v) is 1.14. The minimum absolute atomic E-state index is 0.669. The Kier molecular flexibility index (Phi) is 2.35. The van der Waals surface area contributed by atoms with Crippen LogP contribution in [0.1, 0.15) is 32.4 Å². The molecule has 0 spiro atoms. The third-order valence-electron chi connectivity index (χ3n) is 2.15. The predicted octanol–water partition coefficient (Wildman–Crippen LogP) is 2.29. The maximum atomic E-state index is 9.90. The van der Waals surface area contributed by atoms with Crippen LogP contribution in [0.3, 0.4) is 0 Å². The lowest BCUT2D eigenvalue weighted by Crippen LogP contribution is -2.22. The van der Waals surface area contributed by atoms with Crippen molar-refractivity contribution in [1.29, 1.82) is 0 Å². The molecule has 0 saturated carbocycles. The van der Waals surface area contributed by atoms with Crippen LogP contribution in [0.15, 0.2) is 22.8 Å². The molecule has 0 atom stereocenters. The molecule has 0 aliphatic heterocycles. The lowest BCUT2D eigenvalue weighted by molar-refractivity contribution is 0.00691. The van der Waals surface area contributed by atoms with E-state index >= 15 is 0 Å². The van der Waals surface area contributed by atoms with Gasteiger partial charge in [0.05, 0.1) is 6.26 Å². The number of aliphatic hydroxyl groups is 1. The van der Waals surface area contributed by atoms with E-state index in [0.29, 0.717) is 18.6 Å². The molecule has 0 saturated heterocycles. The number of hydrogen-bond acceptors (Lipinski definition) is 2. The molecule has 62 valence electrons. The van der Waals surface area contributed by atoms with Crippen LogP contribution in [0.4, 0.5) is 0 Å². The van der Waals surface area contributed by atoms with Crippen LogP contribution in [0, 0.1) is 0 Å². The highest BCUT2D eigenvalue weighted by Gasteiger charge is 2.27. The summed E-state index contributed by atoms with van der Waals surface area (Å²) >= 11 is 0. The Balaban J connectivity index is 2.87. The lowest BCUT2D eigenvalue weighted by Gasteiger charge is -2.21. The fourth-order valence-electron chi connectivity index (χ4n) is 1.14. The van der Waals surface area contributed by atoms with Crippen LogP contribution in [0.25, 0.3) is 0 Å². The molecule has 0 amide bonds. The zero-order valence-corrected chi connectivity index (χ0v) is 7.00. The van der Waals surface area contributed by atoms with Crippen LogP contribution < -0.4 is 0 Å². The van der Waals surface area contributed by atoms with Gasteiger partial charge in [-0.1, -0.05) is 13.8 Å². The van der Waals surface area contributed by atoms with E-state index in [9.17, 15) is 5.11 Å². The van der Waals surface area contributed by atoms with Gasteiger partial charge in [0, 0.05) is 0 Å². The molecular formula is C9H14O2. The summed E-state index contributed by atoms with van der Waals surface area (Å²) in [6, 6.07) is 3.61. The second kappa shape index (κ2) is 3.09. The molecule has 0 radical (unpaired) electrons. The van der Waals surface area contributed by atoms with E-state index in [1.807, 2.05) is 19.9 Å². The van der Waals surface area contributed by atoms with Crippen molar-refractivity contribution in [3.8, 4) is 0 Å². The quantitative estimate of drug-likeness (QED) is 0.724. The van der Waals surface area contributed by atoms with E-state index in [4.69, 9.17) is 4.42 Å². The topological polar surface area (TPSA) is 33.4 Å². The third-order valence-corrected chi connectivity index (χ3v) is 2.15. The molecule has 0 aliphatic carbocycles. The van der Waals surface area contributed by atoms with Crippen molar-refractivity contribution in [2.45, 2.75) is 32.3 Å². The Morgan fingerprint density at radius 3 is 2.45 bits per heavy atom. The van der Waals surface area contributed by atoms with Crippen LogP contribution in [0.2, 0.25) is 0 Å². The molecule has 0 fully saturated rings. The first-order chi connectivity index (χ1) is 5.23. The standard InChI is InChI=1S/C9H14O2/c1-3-9(10,4-2)8-6-5-7-11-8/h5-7,10H,3-4H2,1-2H3. The molecule has 1 N–H and O–H groups in total. The summed E-state index contributed by atoms with van der Waals surface area (Å²) in [7, 11) is 0. The van der Waals surface area contributed by atoms with Crippen LogP contribution in [-0.2, 0) is 5.60 Å². The average Bonchev–Trinajstić information content (AvgIpc) is 2.55. The van der Waals surface area contributed by atoms with E-state index in [1.54, 1.807) is 12.3 Å². The maximum absolute atomic E-state index is 9.90. The summed E-state index contributed by atoms with van der Waals surface area (Å²) < 4.78 is 5.13. The number of furan rings is 1. The third kappa shape index (κ3) is 1.46. The highest BCUT2D eigenvalue weighted by Crippen LogP contribution is 2.28. The monoisotopic (exact) mass is 154 g/mol. The summed E-state index contributed by atoms with van der Waals surface area (Å²) in [5.41, 5.74) is -0.760. The molecule has 0 bridgehead atoms. The molecule has 1 aromatic rings. The van der Waals surface area contributed by atoms with E-state index in [-0.39, 0.29) is 0 Å². The SMILES string of the molecule is CCC(O)(CC)c1ccco1. The Morgan fingerprint density at radius 1 is 1.45 bits per heavy atom. The fraction of sp³-hybridized carbons (Fsp3) is 0.556. The highest BCUT2D eigenvalue weighted by atomic mass is 16.4. The van der Waals surface area contributed by atoms with Gasteiger partial charge >= 0.3 is 0 Å². The molecule has 2 nitrogen and oxygen atoms in total. The van der Waals surface area contributed by atoms with Gasteiger partial charge in [0.15, 0.2) is 0 Å². The molecule has 1 heterocycles. The van der Waals surface area contributed by atoms with Gasteiger partial charge in [0.2, 0.25) is 0 Å². The molecule has 1 rings (SSSR count). The van der Waals surface area contributed by atoms with Crippen LogP contribution in [0.5, 0.6) is 0 Å². The second-order valence-corrected chi connectivity index (χ2v) is 2.72. The second-order valence-electron chi connectivity index (χ2n) is 2.72. The first-order valence-corrected chi connectivity index (χ1v) is 3.99. The normalized spacial score (nSPS) is 11.9. The van der Waals surface area contributed by atoms with E-state index in [0.717, 1.165) is 0 Å². The lowest BCUT2D eigenvalue weighted by atomic mass is 9.95. The van der Waals surface area contributed by atoms with Gasteiger partial charge in [-0.2, -0.15) is 0 Å². The minimum atomic E-state index is -0.760. The molecule has 0 aliphatic rings. The minimum Gasteiger partial charge on any atom is -0.466 e. The van der Waals surface area contributed by atoms with Crippen molar-refractivity contribution in [3.05, 3.63) is 24.2 Å². The van der Waals surface area contributed by atoms with Gasteiger partial charge in [-0.15, -0.1) is 0 Å². The molecular weight excluding hydrogens is 140 g/mol. The van der Waals surface area contributed by atoms with Crippen LogP contribution in [-0.4, -0.2) is 5.11 Å². The first-order valence-electron chi connectivity index (χ1n) is 3.99. The van der Waals surface area contributed by atoms with Crippen molar-refractivity contribution in [3.63, 3.8) is 0 Å². The average molecular weight is 154 g/mol. The van der Waals surface area contributed by atoms with Gasteiger partial charge < -0.3 is 9.52 Å². The summed E-state index contributed by atoms with van der Waals surface area (Å²) in [4.78, 5) is 0. The number of rotatable bonds is 3. The zero-order valence-electron chi connectivity index (χ0n) is 7.00. The van der Waals surface area contributed by atoms with Crippen molar-refractivity contribution < 1.29 is 9.52 Å². The van der Waals surface area contributed by atoms with Crippen molar-refractivity contribution >= 4 is 0 Å². The van der Waals surface area contributed by atoms with E-state index in [2.05, 4.69) is 0 Å². The Labute approximate surface area is 66.8 Å². The van der Waals surface area contributed by atoms with Gasteiger partial charge in [0.1, 0.15) is 11.4 Å². The summed E-state index contributed by atoms with van der Waals surface area (Å²) in [5, 5.41) is 9.90. The van der Waals surface area contributed by atoms with Gasteiger partial charge in [0.25, 0.3) is 0 Å². The predicted molar refractivity (Wildman–Crippen MR) is 43.2 cm³/mol. The maximum Gasteiger partial charge on any atom is 0.135 e. The number of hydrogen-bond donors (Lipinski definition) is 1. The molecule has 0 unspecified atom stereocenters. The molecule has 11 heavy (non-hydrogen) atoms. The summed E-state index contributed by atoms with van der Waals surface area (Å²) in [5.74, 6) is 0.669. The Bertz CT molecular complexity index is 197. The summed E-state index contributed by atoms with van der Waals surface area (Å²) in [6.07, 6.45) is 2.97. The zero-order chi connectivity index (χ0) is 8.32. The van der Waals surface area contributed by atoms with Gasteiger partial charge in [-0.25, -0.2) is 0 Å². The molecule has 1 aromatic heterocycles. The molecule has 0 aromatic carbocycles. The van der Waals surface area contributed by atoms with Crippen LogP contribution >= 0.6 is 0 Å². The van der Waals surface area contributed by atoms with Crippen molar-refractivity contribution in [2.24, 2.45) is 0 Å².